The third kappa shape index (κ3) is 1.23. The quantitative estimate of drug-likeness (QED) is 0.548. The Bertz CT molecular complexity index is 194. The van der Waals surface area contributed by atoms with E-state index in [1.807, 2.05) is 0 Å². The van der Waals surface area contributed by atoms with Crippen LogP contribution in [0.1, 0.15) is 19.8 Å². The molecule has 1 saturated carbocycles. The summed E-state index contributed by atoms with van der Waals surface area (Å²) in [7, 11) is 0. The summed E-state index contributed by atoms with van der Waals surface area (Å²) in [6.45, 7) is 4.08. The summed E-state index contributed by atoms with van der Waals surface area (Å²) < 4.78 is 5.49. The van der Waals surface area contributed by atoms with Crippen LogP contribution in [0, 0.1) is 35.0 Å². The van der Waals surface area contributed by atoms with E-state index in [1.54, 1.807) is 0 Å². The normalized spacial score (nSPS) is 46.7. The van der Waals surface area contributed by atoms with Crippen molar-refractivity contribution in [3.05, 3.63) is 0 Å². The molecule has 2 heteroatoms. The summed E-state index contributed by atoms with van der Waals surface area (Å²) >= 11 is 0. The van der Waals surface area contributed by atoms with Crippen molar-refractivity contribution < 1.29 is 4.74 Å². The molecule has 2 aliphatic rings. The fourth-order valence-electron chi connectivity index (χ4n) is 2.56. The number of nitriles is 1. The summed E-state index contributed by atoms with van der Waals surface area (Å²) in [5.41, 5.74) is 0. The number of rotatable bonds is 0. The molecule has 12 heavy (non-hydrogen) atoms. The first kappa shape index (κ1) is 8.07. The molecule has 1 saturated heterocycles. The van der Waals surface area contributed by atoms with E-state index in [4.69, 9.17) is 10.00 Å². The third-order valence-electron chi connectivity index (χ3n) is 3.51. The van der Waals surface area contributed by atoms with E-state index in [1.165, 1.54) is 0 Å². The van der Waals surface area contributed by atoms with Crippen molar-refractivity contribution in [3.8, 4) is 6.07 Å². The van der Waals surface area contributed by atoms with E-state index in [2.05, 4.69) is 13.0 Å². The Labute approximate surface area is 73.5 Å². The van der Waals surface area contributed by atoms with Crippen LogP contribution in [0.4, 0.5) is 0 Å². The summed E-state index contributed by atoms with van der Waals surface area (Å²) in [6, 6.07) is 2.40. The Morgan fingerprint density at radius 1 is 1.25 bits per heavy atom. The Morgan fingerprint density at radius 3 is 2.33 bits per heavy atom. The van der Waals surface area contributed by atoms with Gasteiger partial charge in [-0.2, -0.15) is 5.26 Å². The van der Waals surface area contributed by atoms with Crippen LogP contribution < -0.4 is 0 Å². The molecule has 0 spiro atoms. The maximum Gasteiger partial charge on any atom is 0.0656 e. The summed E-state index contributed by atoms with van der Waals surface area (Å²) in [6.07, 6.45) is 2.13. The van der Waals surface area contributed by atoms with Crippen LogP contribution in [0.3, 0.4) is 0 Å². The molecule has 0 aromatic rings. The first-order valence-corrected chi connectivity index (χ1v) is 4.78. The van der Waals surface area contributed by atoms with Crippen LogP contribution in [0.2, 0.25) is 0 Å². The first-order valence-electron chi connectivity index (χ1n) is 4.78. The predicted molar refractivity (Wildman–Crippen MR) is 45.3 cm³/mol. The van der Waals surface area contributed by atoms with Crippen molar-refractivity contribution in [3.63, 3.8) is 0 Å². The zero-order valence-corrected chi connectivity index (χ0v) is 7.49. The molecule has 1 aliphatic heterocycles. The molecule has 1 unspecified atom stereocenters. The Hall–Kier alpha value is -0.550. The monoisotopic (exact) mass is 165 g/mol. The van der Waals surface area contributed by atoms with Crippen molar-refractivity contribution >= 4 is 0 Å². The highest BCUT2D eigenvalue weighted by molar-refractivity contribution is 4.94. The van der Waals surface area contributed by atoms with Gasteiger partial charge < -0.3 is 4.74 Å². The molecular formula is C10H15NO. The predicted octanol–water partition coefficient (Wildman–Crippen LogP) is 1.82. The molecule has 0 aromatic carbocycles. The molecule has 2 nitrogen and oxygen atoms in total. The lowest BCUT2D eigenvalue weighted by molar-refractivity contribution is -0.0580. The van der Waals surface area contributed by atoms with Crippen LogP contribution in [-0.2, 0) is 4.74 Å². The number of ether oxygens (including phenoxy) is 1. The van der Waals surface area contributed by atoms with Crippen LogP contribution in [0.15, 0.2) is 0 Å². The van der Waals surface area contributed by atoms with Gasteiger partial charge in [-0.25, -0.2) is 0 Å². The van der Waals surface area contributed by atoms with Gasteiger partial charge in [-0.3, -0.25) is 0 Å². The molecule has 1 heterocycles. The number of fused-ring (bicyclic) bond motifs is 2. The third-order valence-corrected chi connectivity index (χ3v) is 3.51. The topological polar surface area (TPSA) is 33.0 Å². The molecule has 4 atom stereocenters. The van der Waals surface area contributed by atoms with Gasteiger partial charge in [0.15, 0.2) is 0 Å². The van der Waals surface area contributed by atoms with Gasteiger partial charge in [0, 0.05) is 19.1 Å². The summed E-state index contributed by atoms with van der Waals surface area (Å²) in [5, 5.41) is 8.84. The highest BCUT2D eigenvalue weighted by Gasteiger charge is 2.38. The average molecular weight is 165 g/mol. The van der Waals surface area contributed by atoms with Gasteiger partial charge in [0.05, 0.1) is 6.07 Å². The fourth-order valence-corrected chi connectivity index (χ4v) is 2.56. The number of nitrogens with zero attached hydrogens (tertiary/aromatic N) is 1. The lowest BCUT2D eigenvalue weighted by atomic mass is 9.68. The van der Waals surface area contributed by atoms with Crippen molar-refractivity contribution in [2.45, 2.75) is 19.8 Å². The fraction of sp³-hybridized carbons (Fsp3) is 0.900. The van der Waals surface area contributed by atoms with Gasteiger partial charge in [0.1, 0.15) is 0 Å². The summed E-state index contributed by atoms with van der Waals surface area (Å²) in [4.78, 5) is 0. The van der Waals surface area contributed by atoms with Gasteiger partial charge in [-0.05, 0) is 30.6 Å². The van der Waals surface area contributed by atoms with Crippen molar-refractivity contribution in [2.75, 3.05) is 13.2 Å². The van der Waals surface area contributed by atoms with Gasteiger partial charge in [0.2, 0.25) is 0 Å². The smallest absolute Gasteiger partial charge is 0.0656 e. The minimum Gasteiger partial charge on any atom is -0.381 e. The highest BCUT2D eigenvalue weighted by atomic mass is 16.5. The molecule has 0 N–H and O–H groups in total. The lowest BCUT2D eigenvalue weighted by Gasteiger charge is -2.42. The zero-order chi connectivity index (χ0) is 8.55. The maximum absolute atomic E-state index is 8.84. The molecule has 0 radical (unpaired) electrons. The second-order valence-corrected chi connectivity index (χ2v) is 4.21. The Balaban J connectivity index is 2.08. The summed E-state index contributed by atoms with van der Waals surface area (Å²) in [5.74, 6) is 2.40. The lowest BCUT2D eigenvalue weighted by Crippen LogP contribution is -2.40. The number of hydrogen-bond acceptors (Lipinski definition) is 2. The van der Waals surface area contributed by atoms with Gasteiger partial charge in [0.25, 0.3) is 0 Å². The average Bonchev–Trinajstić information content (AvgIpc) is 2.04. The van der Waals surface area contributed by atoms with E-state index < -0.39 is 0 Å². The second-order valence-electron chi connectivity index (χ2n) is 4.21. The maximum atomic E-state index is 8.84. The largest absolute Gasteiger partial charge is 0.381 e. The highest BCUT2D eigenvalue weighted by Crippen LogP contribution is 2.40. The molecule has 1 aliphatic carbocycles. The molecule has 2 bridgehead atoms. The number of hydrogen-bond donors (Lipinski definition) is 0. The standard InChI is InChI=1S/C10H15NO/c1-7-9-2-8(4-11)3-10(7)6-12-5-9/h7-10H,2-3,5-6H2,1H3/t7?,8-,9+,10-. The minimum absolute atomic E-state index is 0.306. The second kappa shape index (κ2) is 3.06. The van der Waals surface area contributed by atoms with E-state index >= 15 is 0 Å². The van der Waals surface area contributed by atoms with Crippen molar-refractivity contribution in [2.24, 2.45) is 23.7 Å². The van der Waals surface area contributed by atoms with E-state index in [-0.39, 0.29) is 0 Å². The van der Waals surface area contributed by atoms with Gasteiger partial charge in [-0.1, -0.05) is 6.92 Å². The Kier molecular flexibility index (Phi) is 2.06. The Morgan fingerprint density at radius 2 is 1.83 bits per heavy atom. The minimum atomic E-state index is 0.306. The van der Waals surface area contributed by atoms with E-state index in [0.29, 0.717) is 17.8 Å². The van der Waals surface area contributed by atoms with Crippen LogP contribution in [0.25, 0.3) is 0 Å². The van der Waals surface area contributed by atoms with Crippen molar-refractivity contribution in [1.82, 2.24) is 0 Å². The SMILES string of the molecule is CC1[C@@H]2COC[C@H]1C[C@H](C#N)C2. The van der Waals surface area contributed by atoms with E-state index in [0.717, 1.165) is 32.0 Å². The molecular weight excluding hydrogens is 150 g/mol. The van der Waals surface area contributed by atoms with Gasteiger partial charge >= 0.3 is 0 Å². The van der Waals surface area contributed by atoms with Crippen molar-refractivity contribution in [1.29, 1.82) is 5.26 Å². The molecule has 66 valence electrons. The van der Waals surface area contributed by atoms with Crippen LogP contribution in [-0.4, -0.2) is 13.2 Å². The van der Waals surface area contributed by atoms with E-state index in [9.17, 15) is 0 Å². The zero-order valence-electron chi connectivity index (χ0n) is 7.49. The van der Waals surface area contributed by atoms with Crippen LogP contribution >= 0.6 is 0 Å². The molecule has 2 rings (SSSR count). The van der Waals surface area contributed by atoms with Crippen LogP contribution in [0.5, 0.6) is 0 Å². The first-order chi connectivity index (χ1) is 5.81. The molecule has 0 aromatic heterocycles. The van der Waals surface area contributed by atoms with Gasteiger partial charge in [-0.15, -0.1) is 0 Å². The molecule has 2 fully saturated rings. The molecule has 0 amide bonds.